The van der Waals surface area contributed by atoms with Crippen molar-refractivity contribution in [3.05, 3.63) is 48.2 Å². The highest BCUT2D eigenvalue weighted by Crippen LogP contribution is 2.23. The minimum Gasteiger partial charge on any atom is -0.513 e. The van der Waals surface area contributed by atoms with Gasteiger partial charge in [0.2, 0.25) is 0 Å². The molecule has 0 aliphatic rings. The van der Waals surface area contributed by atoms with Crippen LogP contribution in [0, 0.1) is 0 Å². The third-order valence-corrected chi connectivity index (χ3v) is 3.30. The Hall–Kier alpha value is -2.16. The van der Waals surface area contributed by atoms with Crippen molar-refractivity contribution in [3.8, 4) is 5.75 Å². The molecule has 0 saturated carbocycles. The van der Waals surface area contributed by atoms with Gasteiger partial charge < -0.3 is 15.6 Å². The van der Waals surface area contributed by atoms with Crippen LogP contribution in [0.1, 0.15) is 31.7 Å². The normalized spacial score (nSPS) is 11.8. The zero-order chi connectivity index (χ0) is 14.4. The summed E-state index contributed by atoms with van der Waals surface area (Å²) in [6.07, 6.45) is 4.41. The van der Waals surface area contributed by atoms with Crippen molar-refractivity contribution in [2.24, 2.45) is 5.73 Å². The summed E-state index contributed by atoms with van der Waals surface area (Å²) >= 11 is 0. The summed E-state index contributed by atoms with van der Waals surface area (Å²) in [7, 11) is 0. The molecule has 0 atom stereocenters. The zero-order valence-corrected chi connectivity index (χ0v) is 11.8. The van der Waals surface area contributed by atoms with E-state index < -0.39 is 0 Å². The lowest BCUT2D eigenvalue weighted by Gasteiger charge is -2.08. The highest BCUT2D eigenvalue weighted by atomic mass is 16.5. The van der Waals surface area contributed by atoms with Gasteiger partial charge in [0, 0.05) is 5.56 Å². The average molecular weight is 271 g/mol. The molecule has 0 bridgehead atoms. The third-order valence-electron chi connectivity index (χ3n) is 3.30. The highest BCUT2D eigenvalue weighted by molar-refractivity contribution is 5.87. The van der Waals surface area contributed by atoms with Crippen LogP contribution in [0.25, 0.3) is 16.5 Å². The van der Waals surface area contributed by atoms with Crippen LogP contribution in [-0.2, 0) is 0 Å². The molecule has 0 aliphatic heterocycles. The number of hydrogen-bond acceptors (Lipinski definition) is 3. The molecule has 0 heterocycles. The lowest BCUT2D eigenvalue weighted by Crippen LogP contribution is -1.97. The van der Waals surface area contributed by atoms with Gasteiger partial charge in [-0.2, -0.15) is 0 Å². The molecule has 0 spiro atoms. The zero-order valence-electron chi connectivity index (χ0n) is 11.8. The number of fused-ring (bicyclic) bond motifs is 1. The highest BCUT2D eigenvalue weighted by Gasteiger charge is 2.01. The third kappa shape index (κ3) is 3.44. The molecule has 0 aromatic heterocycles. The number of hydrogen-bond donors (Lipinski definition) is 2. The van der Waals surface area contributed by atoms with Gasteiger partial charge in [-0.05, 0) is 35.4 Å². The van der Waals surface area contributed by atoms with E-state index in [1.54, 1.807) is 0 Å². The van der Waals surface area contributed by atoms with E-state index in [9.17, 15) is 0 Å². The molecule has 3 heteroatoms. The number of aliphatic hydroxyl groups excluding tert-OH is 1. The molecule has 2 aromatic carbocycles. The lowest BCUT2D eigenvalue weighted by molar-refractivity contribution is 0.306. The van der Waals surface area contributed by atoms with Crippen LogP contribution >= 0.6 is 0 Å². The molecule has 2 aromatic rings. The van der Waals surface area contributed by atoms with Gasteiger partial charge in [0.25, 0.3) is 0 Å². The van der Waals surface area contributed by atoms with Gasteiger partial charge in [0.1, 0.15) is 12.0 Å². The second kappa shape index (κ2) is 6.85. The predicted octanol–water partition coefficient (Wildman–Crippen LogP) is 4.22. The van der Waals surface area contributed by atoms with Gasteiger partial charge in [-0.25, -0.2) is 0 Å². The Morgan fingerprint density at radius 3 is 2.65 bits per heavy atom. The summed E-state index contributed by atoms with van der Waals surface area (Å²) in [5, 5.41) is 11.1. The quantitative estimate of drug-likeness (QED) is 0.611. The summed E-state index contributed by atoms with van der Waals surface area (Å²) in [4.78, 5) is 0. The van der Waals surface area contributed by atoms with E-state index in [1.165, 1.54) is 12.8 Å². The summed E-state index contributed by atoms with van der Waals surface area (Å²) < 4.78 is 5.74. The van der Waals surface area contributed by atoms with Crippen LogP contribution < -0.4 is 10.5 Å². The van der Waals surface area contributed by atoms with Crippen LogP contribution in [0.2, 0.25) is 0 Å². The van der Waals surface area contributed by atoms with Crippen molar-refractivity contribution < 1.29 is 9.84 Å². The van der Waals surface area contributed by atoms with Crippen LogP contribution in [-0.4, -0.2) is 11.7 Å². The monoisotopic (exact) mass is 271 g/mol. The molecule has 3 N–H and O–H groups in total. The second-order valence-electron chi connectivity index (χ2n) is 4.86. The minimum atomic E-state index is 0.367. The number of aliphatic hydroxyl groups is 1. The molecule has 0 unspecified atom stereocenters. The standard InChI is InChI=1S/C17H21NO2/c1-2-3-4-9-20-16-8-7-13-10-15(17(18)12-19)6-5-14(13)11-16/h5-8,10-12,19H,2-4,9,18H2,1H3/b17-12-. The number of rotatable bonds is 6. The maximum Gasteiger partial charge on any atom is 0.119 e. The van der Waals surface area contributed by atoms with Crippen molar-refractivity contribution in [1.82, 2.24) is 0 Å². The Kier molecular flexibility index (Phi) is 4.88. The average Bonchev–Trinajstić information content (AvgIpc) is 2.50. The van der Waals surface area contributed by atoms with Crippen molar-refractivity contribution >= 4 is 16.5 Å². The van der Waals surface area contributed by atoms with E-state index in [-0.39, 0.29) is 0 Å². The van der Waals surface area contributed by atoms with Crippen molar-refractivity contribution in [2.75, 3.05) is 6.61 Å². The van der Waals surface area contributed by atoms with Crippen LogP contribution in [0.4, 0.5) is 0 Å². The van der Waals surface area contributed by atoms with E-state index >= 15 is 0 Å². The van der Waals surface area contributed by atoms with E-state index in [0.29, 0.717) is 5.70 Å². The molecule has 0 radical (unpaired) electrons. The van der Waals surface area contributed by atoms with Crippen molar-refractivity contribution in [3.63, 3.8) is 0 Å². The molecule has 0 aliphatic carbocycles. The fourth-order valence-corrected chi connectivity index (χ4v) is 2.11. The summed E-state index contributed by atoms with van der Waals surface area (Å²) in [5.41, 5.74) is 6.88. The van der Waals surface area contributed by atoms with Gasteiger partial charge in [-0.15, -0.1) is 0 Å². The SMILES string of the molecule is CCCCCOc1ccc2cc(/C(N)=C/O)ccc2c1. The molecule has 0 amide bonds. The number of benzene rings is 2. The topological polar surface area (TPSA) is 55.5 Å². The fourth-order valence-electron chi connectivity index (χ4n) is 2.11. The Morgan fingerprint density at radius 1 is 1.15 bits per heavy atom. The number of unbranched alkanes of at least 4 members (excludes halogenated alkanes) is 2. The van der Waals surface area contributed by atoms with Crippen LogP contribution in [0.15, 0.2) is 42.7 Å². The first-order valence-corrected chi connectivity index (χ1v) is 7.01. The van der Waals surface area contributed by atoms with Gasteiger partial charge in [-0.3, -0.25) is 0 Å². The second-order valence-corrected chi connectivity index (χ2v) is 4.86. The van der Waals surface area contributed by atoms with Gasteiger partial charge in [0.05, 0.1) is 12.3 Å². The summed E-state index contributed by atoms with van der Waals surface area (Å²) in [6.45, 7) is 2.94. The van der Waals surface area contributed by atoms with Crippen molar-refractivity contribution in [2.45, 2.75) is 26.2 Å². The predicted molar refractivity (Wildman–Crippen MR) is 83.8 cm³/mol. The van der Waals surface area contributed by atoms with Crippen LogP contribution in [0.5, 0.6) is 5.75 Å². The maximum atomic E-state index is 8.94. The summed E-state index contributed by atoms with van der Waals surface area (Å²) in [5.74, 6) is 0.895. The molecular formula is C17H21NO2. The number of ether oxygens (including phenoxy) is 1. The molecule has 106 valence electrons. The molecule has 0 saturated heterocycles. The minimum absolute atomic E-state index is 0.367. The number of nitrogens with two attached hydrogens (primary N) is 1. The van der Waals surface area contributed by atoms with E-state index in [0.717, 1.165) is 41.4 Å². The molecular weight excluding hydrogens is 250 g/mol. The Morgan fingerprint density at radius 2 is 1.90 bits per heavy atom. The first-order valence-electron chi connectivity index (χ1n) is 7.01. The molecule has 2 rings (SSSR count). The van der Waals surface area contributed by atoms with E-state index in [2.05, 4.69) is 6.92 Å². The Balaban J connectivity index is 2.14. The Bertz CT molecular complexity index is 605. The van der Waals surface area contributed by atoms with Gasteiger partial charge >= 0.3 is 0 Å². The van der Waals surface area contributed by atoms with Gasteiger partial charge in [-0.1, -0.05) is 38.0 Å². The van der Waals surface area contributed by atoms with Gasteiger partial charge in [0.15, 0.2) is 0 Å². The smallest absolute Gasteiger partial charge is 0.119 e. The van der Waals surface area contributed by atoms with Crippen molar-refractivity contribution in [1.29, 1.82) is 0 Å². The summed E-state index contributed by atoms with van der Waals surface area (Å²) in [6, 6.07) is 11.9. The molecule has 3 nitrogen and oxygen atoms in total. The molecule has 0 fully saturated rings. The largest absolute Gasteiger partial charge is 0.513 e. The fraction of sp³-hybridized carbons (Fsp3) is 0.294. The first kappa shape index (κ1) is 14.3. The van der Waals surface area contributed by atoms with E-state index in [4.69, 9.17) is 15.6 Å². The van der Waals surface area contributed by atoms with E-state index in [1.807, 2.05) is 36.4 Å². The van der Waals surface area contributed by atoms with Crippen LogP contribution in [0.3, 0.4) is 0 Å². The maximum absolute atomic E-state index is 8.94. The first-order chi connectivity index (χ1) is 9.74. The Labute approximate surface area is 119 Å². The lowest BCUT2D eigenvalue weighted by atomic mass is 10.1. The molecule has 20 heavy (non-hydrogen) atoms.